The van der Waals surface area contributed by atoms with Gasteiger partial charge < -0.3 is 0 Å². The van der Waals surface area contributed by atoms with Gasteiger partial charge in [-0.3, -0.25) is 14.1 Å². The third kappa shape index (κ3) is 28.7. The Morgan fingerprint density at radius 3 is 1.02 bits per heavy atom. The zero-order valence-corrected chi connectivity index (χ0v) is 30.1. The average molecular weight is 645 g/mol. The van der Waals surface area contributed by atoms with E-state index in [1.165, 1.54) is 128 Å². The van der Waals surface area contributed by atoms with Crippen LogP contribution < -0.4 is 0 Å². The van der Waals surface area contributed by atoms with Gasteiger partial charge in [0.1, 0.15) is 11.6 Å². The zero-order valence-electron chi connectivity index (χ0n) is 29.3. The number of ketones is 2. The minimum absolute atomic E-state index is 0.0187. The molecule has 0 aliphatic rings. The molecule has 0 fully saturated rings. The van der Waals surface area contributed by atoms with Crippen molar-refractivity contribution in [3.05, 3.63) is 0 Å². The van der Waals surface area contributed by atoms with E-state index in [-0.39, 0.29) is 18.0 Å². The molecule has 7 heteroatoms. The van der Waals surface area contributed by atoms with Crippen molar-refractivity contribution in [2.75, 3.05) is 0 Å². The summed E-state index contributed by atoms with van der Waals surface area (Å²) in [4.78, 5) is 26.3. The number of carbonyl (C=O) groups is 2. The van der Waals surface area contributed by atoms with Crippen molar-refractivity contribution >= 4 is 22.0 Å². The molecular weight excluding hydrogens is 572 g/mol. The first-order valence-electron chi connectivity index (χ1n) is 19.0. The van der Waals surface area contributed by atoms with Gasteiger partial charge in [0.2, 0.25) is 0 Å². The number of hydrogen-bond acceptors (Lipinski definition) is 5. The molecule has 0 aromatic rings. The molecule has 1 unspecified atom stereocenters. The zero-order chi connectivity index (χ0) is 32.7. The van der Waals surface area contributed by atoms with Crippen molar-refractivity contribution < 1.29 is 26.7 Å². The molecule has 0 aliphatic heterocycles. The molecule has 262 valence electrons. The number of Topliss-reactive ketones (excluding diaryl/α,β-unsaturated/α-hetero) is 2. The fourth-order valence-electron chi connectivity index (χ4n) is 6.13. The lowest BCUT2D eigenvalue weighted by Gasteiger charge is -2.20. The van der Waals surface area contributed by atoms with Crippen LogP contribution in [0.25, 0.3) is 0 Å². The van der Waals surface area contributed by atoms with Crippen LogP contribution in [0, 0.1) is 5.92 Å². The Hall–Kier alpha value is -0.790. The van der Waals surface area contributed by atoms with Crippen molar-refractivity contribution in [1.29, 1.82) is 0 Å². The van der Waals surface area contributed by atoms with Crippen LogP contribution in [0.3, 0.4) is 0 Å². The van der Waals surface area contributed by atoms with Gasteiger partial charge in [0, 0.05) is 12.8 Å². The molecule has 0 aliphatic carbocycles. The topological polar surface area (TPSA) is 97.7 Å². The van der Waals surface area contributed by atoms with Crippen molar-refractivity contribution in [2.24, 2.45) is 5.92 Å². The second kappa shape index (κ2) is 30.8. The van der Waals surface area contributed by atoms with Gasteiger partial charge in [-0.1, -0.05) is 175 Å². The van der Waals surface area contributed by atoms with Crippen LogP contribution in [-0.4, -0.2) is 30.6 Å². The van der Waals surface area contributed by atoms with Crippen molar-refractivity contribution in [2.45, 2.75) is 219 Å². The largest absolute Gasteiger partial charge is 0.397 e. The maximum atomic E-state index is 13.1. The van der Waals surface area contributed by atoms with Crippen LogP contribution in [0.5, 0.6) is 0 Å². The molecule has 6 nitrogen and oxygen atoms in total. The predicted octanol–water partition coefficient (Wildman–Crippen LogP) is 11.7. The maximum Gasteiger partial charge on any atom is 0.397 e. The highest BCUT2D eigenvalue weighted by Crippen LogP contribution is 2.22. The van der Waals surface area contributed by atoms with Crippen LogP contribution in [-0.2, 0) is 24.2 Å². The van der Waals surface area contributed by atoms with Gasteiger partial charge in [0.15, 0.2) is 0 Å². The quantitative estimate of drug-likeness (QED) is 0.0419. The predicted molar refractivity (Wildman–Crippen MR) is 185 cm³/mol. The van der Waals surface area contributed by atoms with E-state index in [9.17, 15) is 18.0 Å². The Labute approximate surface area is 273 Å². The van der Waals surface area contributed by atoms with Crippen LogP contribution in [0.2, 0.25) is 0 Å². The van der Waals surface area contributed by atoms with Gasteiger partial charge in [0.25, 0.3) is 0 Å². The molecule has 0 bridgehead atoms. The van der Waals surface area contributed by atoms with E-state index < -0.39 is 22.4 Å². The Morgan fingerprint density at radius 1 is 0.500 bits per heavy atom. The standard InChI is InChI=1S/C37H72O6S/c1-4-7-9-11-13-15-17-19-21-23-25-27-29-31-36(38)35(33-34(6-3)43-44(40,41)42)37(39)32-30-28-26-24-22-20-18-16-14-12-10-8-5-2/h34-35H,4-33H2,1-3H3,(H,40,41,42). The lowest BCUT2D eigenvalue weighted by atomic mass is 9.86. The van der Waals surface area contributed by atoms with Crippen LogP contribution in [0.1, 0.15) is 213 Å². The smallest absolute Gasteiger partial charge is 0.299 e. The van der Waals surface area contributed by atoms with E-state index >= 15 is 0 Å². The molecule has 44 heavy (non-hydrogen) atoms. The van der Waals surface area contributed by atoms with Gasteiger partial charge in [-0.15, -0.1) is 0 Å². The Kier molecular flexibility index (Phi) is 30.3. The SMILES string of the molecule is CCCCCCCCCCCCCCCC(=O)C(CC(CC)OS(=O)(=O)O)C(=O)CCCCCCCCCCCCCCC. The first-order valence-corrected chi connectivity index (χ1v) is 20.3. The summed E-state index contributed by atoms with van der Waals surface area (Å²) in [6, 6.07) is 0. The molecule has 0 rings (SSSR count). The molecule has 1 atom stereocenters. The van der Waals surface area contributed by atoms with Crippen LogP contribution in [0.15, 0.2) is 0 Å². The summed E-state index contributed by atoms with van der Waals surface area (Å²) in [5.41, 5.74) is 0. The summed E-state index contributed by atoms with van der Waals surface area (Å²) in [7, 11) is -4.64. The summed E-state index contributed by atoms with van der Waals surface area (Å²) in [5, 5.41) is 0. The molecule has 0 saturated heterocycles. The summed E-state index contributed by atoms with van der Waals surface area (Å²) in [5.74, 6) is -1.06. The monoisotopic (exact) mass is 645 g/mol. The summed E-state index contributed by atoms with van der Waals surface area (Å²) >= 11 is 0. The lowest BCUT2D eigenvalue weighted by molar-refractivity contribution is -0.134. The second-order valence-electron chi connectivity index (χ2n) is 13.3. The third-order valence-electron chi connectivity index (χ3n) is 9.04. The molecule has 0 amide bonds. The van der Waals surface area contributed by atoms with Crippen molar-refractivity contribution in [3.63, 3.8) is 0 Å². The first kappa shape index (κ1) is 43.2. The van der Waals surface area contributed by atoms with E-state index in [4.69, 9.17) is 8.74 Å². The minimum atomic E-state index is -4.64. The van der Waals surface area contributed by atoms with E-state index in [2.05, 4.69) is 13.8 Å². The molecule has 0 heterocycles. The third-order valence-corrected chi connectivity index (χ3v) is 9.56. The van der Waals surface area contributed by atoms with Gasteiger partial charge in [-0.05, 0) is 25.7 Å². The molecule has 1 N–H and O–H groups in total. The number of carbonyl (C=O) groups excluding carboxylic acids is 2. The van der Waals surface area contributed by atoms with E-state index in [0.29, 0.717) is 19.3 Å². The number of unbranched alkanes of at least 4 members (excludes halogenated alkanes) is 24. The molecule has 0 aromatic carbocycles. The highest BCUT2D eigenvalue weighted by atomic mass is 32.3. The summed E-state index contributed by atoms with van der Waals surface area (Å²) < 4.78 is 36.6. The Morgan fingerprint density at radius 2 is 0.773 bits per heavy atom. The van der Waals surface area contributed by atoms with Gasteiger partial charge in [-0.25, -0.2) is 4.18 Å². The lowest BCUT2D eigenvalue weighted by Crippen LogP contribution is -2.30. The minimum Gasteiger partial charge on any atom is -0.299 e. The summed E-state index contributed by atoms with van der Waals surface area (Å²) in [6.07, 6.45) is 32.0. The van der Waals surface area contributed by atoms with Crippen LogP contribution in [0.4, 0.5) is 0 Å². The fourth-order valence-corrected chi connectivity index (χ4v) is 6.69. The van der Waals surface area contributed by atoms with E-state index in [1.54, 1.807) is 6.92 Å². The molecule has 0 saturated carbocycles. The van der Waals surface area contributed by atoms with Crippen LogP contribution >= 0.6 is 0 Å². The normalized spacial score (nSPS) is 12.7. The van der Waals surface area contributed by atoms with Gasteiger partial charge >= 0.3 is 10.4 Å². The molecular formula is C37H72O6S. The van der Waals surface area contributed by atoms with Crippen molar-refractivity contribution in [1.82, 2.24) is 0 Å². The number of hydrogen-bond donors (Lipinski definition) is 1. The highest BCUT2D eigenvalue weighted by Gasteiger charge is 2.30. The maximum absolute atomic E-state index is 13.1. The van der Waals surface area contributed by atoms with Gasteiger partial charge in [-0.2, -0.15) is 8.42 Å². The molecule has 0 spiro atoms. The van der Waals surface area contributed by atoms with E-state index in [1.807, 2.05) is 0 Å². The highest BCUT2D eigenvalue weighted by molar-refractivity contribution is 7.80. The average Bonchev–Trinajstić information content (AvgIpc) is 2.99. The van der Waals surface area contributed by atoms with E-state index in [0.717, 1.165) is 38.5 Å². The Balaban J connectivity index is 4.33. The fraction of sp³-hybridized carbons (Fsp3) is 0.946. The van der Waals surface area contributed by atoms with Gasteiger partial charge in [0.05, 0.1) is 12.0 Å². The Bertz CT molecular complexity index is 724. The van der Waals surface area contributed by atoms with Crippen molar-refractivity contribution in [3.8, 4) is 0 Å². The number of rotatable bonds is 35. The first-order chi connectivity index (χ1) is 21.2. The second-order valence-corrected chi connectivity index (χ2v) is 14.3. The summed E-state index contributed by atoms with van der Waals surface area (Å²) in [6.45, 7) is 6.24. The molecule has 0 aromatic heterocycles. The molecule has 0 radical (unpaired) electrons.